The standard InChI is InChI=1S/C39H63N5O7S/c1-5-21-40-35(47)32(45)29(25-27-14-15-27)41-34(46)31-28(24-26(2)3)16-22-44(31)36(48)33(38(4)17-8-6-9-18-38)42-37(49)43-39(19-10-7-11-20-39)30-13-12-23-52(30,50)51/h5,26-31,33H,1,6-25H2,2-4H3,(H,40,47)(H,41,46)(H2,42,43,49)/t28-,29?,30?,31+,33-/m1/s1. The Kier molecular flexibility index (Phi) is 13.2. The van der Waals surface area contributed by atoms with Gasteiger partial charge in [0, 0.05) is 13.1 Å². The number of sulfone groups is 1. The molecule has 5 fully saturated rings. The predicted octanol–water partition coefficient (Wildman–Crippen LogP) is 4.32. The first-order valence-electron chi connectivity index (χ1n) is 20.0. The van der Waals surface area contributed by atoms with Crippen molar-refractivity contribution in [1.82, 2.24) is 26.2 Å². The monoisotopic (exact) mass is 745 g/mol. The number of carbonyl (C=O) groups is 5. The molecule has 2 aliphatic heterocycles. The number of hydrogen-bond donors (Lipinski definition) is 4. The summed E-state index contributed by atoms with van der Waals surface area (Å²) in [5.74, 6) is -1.79. The lowest BCUT2D eigenvalue weighted by Crippen LogP contribution is -2.65. The van der Waals surface area contributed by atoms with Crippen LogP contribution in [0.2, 0.25) is 0 Å². The number of urea groups is 1. The van der Waals surface area contributed by atoms with E-state index in [2.05, 4.69) is 41.7 Å². The molecule has 5 aliphatic rings. The summed E-state index contributed by atoms with van der Waals surface area (Å²) in [6.07, 6.45) is 14.2. The highest BCUT2D eigenvalue weighted by atomic mass is 32.2. The summed E-state index contributed by atoms with van der Waals surface area (Å²) in [5, 5.41) is 11.1. The van der Waals surface area contributed by atoms with Gasteiger partial charge < -0.3 is 26.2 Å². The van der Waals surface area contributed by atoms with Crippen molar-refractivity contribution in [2.75, 3.05) is 18.8 Å². The Morgan fingerprint density at radius 2 is 1.52 bits per heavy atom. The van der Waals surface area contributed by atoms with Crippen LogP contribution in [0.3, 0.4) is 0 Å². The van der Waals surface area contributed by atoms with Crippen LogP contribution in [0.4, 0.5) is 4.79 Å². The lowest BCUT2D eigenvalue weighted by atomic mass is 9.70. The first-order chi connectivity index (χ1) is 24.7. The zero-order chi connectivity index (χ0) is 37.7. The fourth-order valence-corrected chi connectivity index (χ4v) is 12.1. The fraction of sp³-hybridized carbons (Fsp3) is 0.821. The van der Waals surface area contributed by atoms with Crippen LogP contribution in [0.15, 0.2) is 12.7 Å². The second-order valence-corrected chi connectivity index (χ2v) is 19.5. The average molecular weight is 746 g/mol. The summed E-state index contributed by atoms with van der Waals surface area (Å²) in [6.45, 7) is 10.2. The summed E-state index contributed by atoms with van der Waals surface area (Å²) < 4.78 is 26.4. The van der Waals surface area contributed by atoms with Gasteiger partial charge in [-0.05, 0) is 81.0 Å². The van der Waals surface area contributed by atoms with E-state index in [4.69, 9.17) is 0 Å². The normalized spacial score (nSPS) is 27.6. The van der Waals surface area contributed by atoms with Crippen molar-refractivity contribution in [3.63, 3.8) is 0 Å². The molecular weight excluding hydrogens is 683 g/mol. The van der Waals surface area contributed by atoms with Crippen molar-refractivity contribution in [3.8, 4) is 0 Å². The van der Waals surface area contributed by atoms with Gasteiger partial charge in [0.2, 0.25) is 17.6 Å². The zero-order valence-corrected chi connectivity index (χ0v) is 32.5. The quantitative estimate of drug-likeness (QED) is 0.143. The molecule has 5 atom stereocenters. The number of amides is 5. The summed E-state index contributed by atoms with van der Waals surface area (Å²) in [7, 11) is -3.36. The van der Waals surface area contributed by atoms with Crippen molar-refractivity contribution in [1.29, 1.82) is 0 Å². The molecule has 13 heteroatoms. The van der Waals surface area contributed by atoms with Crippen LogP contribution in [-0.4, -0.2) is 90.6 Å². The molecular formula is C39H63N5O7S. The summed E-state index contributed by atoms with van der Waals surface area (Å²) >= 11 is 0. The minimum absolute atomic E-state index is 0.129. The molecule has 3 saturated carbocycles. The van der Waals surface area contributed by atoms with Gasteiger partial charge in [-0.3, -0.25) is 19.2 Å². The maximum Gasteiger partial charge on any atom is 0.315 e. The Hall–Kier alpha value is -2.96. The Morgan fingerprint density at radius 1 is 0.865 bits per heavy atom. The highest BCUT2D eigenvalue weighted by Crippen LogP contribution is 2.43. The van der Waals surface area contributed by atoms with Crippen LogP contribution in [0, 0.1) is 23.2 Å². The van der Waals surface area contributed by atoms with Gasteiger partial charge in [-0.1, -0.05) is 78.2 Å². The van der Waals surface area contributed by atoms with Crippen LogP contribution in [0.1, 0.15) is 130 Å². The van der Waals surface area contributed by atoms with Gasteiger partial charge in [0.05, 0.1) is 22.6 Å². The number of rotatable bonds is 15. The maximum atomic E-state index is 15.0. The van der Waals surface area contributed by atoms with E-state index < -0.39 is 67.8 Å². The van der Waals surface area contributed by atoms with Crippen molar-refractivity contribution in [2.24, 2.45) is 23.2 Å². The lowest BCUT2D eigenvalue weighted by molar-refractivity contribution is -0.145. The fourth-order valence-electron chi connectivity index (χ4n) is 9.76. The number of likely N-dealkylation sites (tertiary alicyclic amines) is 1. The van der Waals surface area contributed by atoms with Gasteiger partial charge in [-0.15, -0.1) is 6.58 Å². The second kappa shape index (κ2) is 17.0. The molecule has 3 aliphatic carbocycles. The van der Waals surface area contributed by atoms with Gasteiger partial charge in [-0.25, -0.2) is 13.2 Å². The number of carbonyl (C=O) groups excluding carboxylic acids is 5. The lowest BCUT2D eigenvalue weighted by Gasteiger charge is -2.45. The molecule has 2 unspecified atom stereocenters. The van der Waals surface area contributed by atoms with E-state index in [9.17, 15) is 32.4 Å². The van der Waals surface area contributed by atoms with Crippen LogP contribution in [0.25, 0.3) is 0 Å². The van der Waals surface area contributed by atoms with Gasteiger partial charge in [0.1, 0.15) is 12.1 Å². The van der Waals surface area contributed by atoms with Crippen molar-refractivity contribution in [2.45, 2.75) is 159 Å². The van der Waals surface area contributed by atoms with E-state index in [1.807, 2.05) is 6.92 Å². The first kappa shape index (κ1) is 40.2. The second-order valence-electron chi connectivity index (χ2n) is 17.2. The Bertz CT molecular complexity index is 1450. The zero-order valence-electron chi connectivity index (χ0n) is 31.7. The van der Waals surface area contributed by atoms with Crippen LogP contribution < -0.4 is 21.3 Å². The molecule has 0 aromatic rings. The maximum absolute atomic E-state index is 15.0. The molecule has 2 saturated heterocycles. The van der Waals surface area contributed by atoms with Gasteiger partial charge in [-0.2, -0.15) is 0 Å². The third-order valence-corrected chi connectivity index (χ3v) is 15.1. The highest BCUT2D eigenvalue weighted by molar-refractivity contribution is 7.92. The van der Waals surface area contributed by atoms with Gasteiger partial charge in [0.15, 0.2) is 9.84 Å². The van der Waals surface area contributed by atoms with E-state index in [1.165, 1.54) is 6.08 Å². The molecule has 5 rings (SSSR count). The van der Waals surface area contributed by atoms with Gasteiger partial charge >= 0.3 is 6.03 Å². The molecule has 0 aromatic carbocycles. The Morgan fingerprint density at radius 3 is 2.10 bits per heavy atom. The average Bonchev–Trinajstić information content (AvgIpc) is 3.71. The van der Waals surface area contributed by atoms with Crippen molar-refractivity contribution >= 4 is 39.4 Å². The summed E-state index contributed by atoms with van der Waals surface area (Å²) in [6, 6.07) is -3.34. The number of nitrogens with zero attached hydrogens (tertiary/aromatic N) is 1. The van der Waals surface area contributed by atoms with E-state index in [1.54, 1.807) is 4.90 Å². The molecule has 4 N–H and O–H groups in total. The number of ketones is 1. The van der Waals surface area contributed by atoms with E-state index in [0.717, 1.165) is 64.2 Å². The molecule has 2 heterocycles. The van der Waals surface area contributed by atoms with Crippen LogP contribution >= 0.6 is 0 Å². The van der Waals surface area contributed by atoms with Gasteiger partial charge in [0.25, 0.3) is 5.91 Å². The third kappa shape index (κ3) is 9.39. The van der Waals surface area contributed by atoms with E-state index in [0.29, 0.717) is 51.5 Å². The highest BCUT2D eigenvalue weighted by Gasteiger charge is 2.52. The van der Waals surface area contributed by atoms with E-state index in [-0.39, 0.29) is 36.0 Å². The Balaban J connectivity index is 1.41. The molecule has 0 aromatic heterocycles. The van der Waals surface area contributed by atoms with E-state index >= 15 is 0 Å². The molecule has 292 valence electrons. The third-order valence-electron chi connectivity index (χ3n) is 12.6. The molecule has 0 radical (unpaired) electrons. The predicted molar refractivity (Wildman–Crippen MR) is 200 cm³/mol. The van der Waals surface area contributed by atoms with Crippen molar-refractivity contribution in [3.05, 3.63) is 12.7 Å². The summed E-state index contributed by atoms with van der Waals surface area (Å²) in [4.78, 5) is 71.1. The Labute approximate surface area is 310 Å². The smallest absolute Gasteiger partial charge is 0.315 e. The topological polar surface area (TPSA) is 171 Å². The van der Waals surface area contributed by atoms with Crippen LogP contribution in [-0.2, 0) is 29.0 Å². The molecule has 52 heavy (non-hydrogen) atoms. The number of Topliss-reactive ketones (excluding diaryl/α,β-unsaturated/α-hetero) is 1. The first-order valence-corrected chi connectivity index (χ1v) is 21.8. The largest absolute Gasteiger partial charge is 0.346 e. The molecule has 0 bridgehead atoms. The molecule has 0 spiro atoms. The minimum atomic E-state index is -3.36. The molecule has 12 nitrogen and oxygen atoms in total. The number of hydrogen-bond acceptors (Lipinski definition) is 7. The number of nitrogens with one attached hydrogen (secondary N) is 4. The van der Waals surface area contributed by atoms with Crippen molar-refractivity contribution < 1.29 is 32.4 Å². The SMILES string of the molecule is C=CCNC(=O)C(=O)C(CC1CC1)NC(=O)[C@@H]1[C@@H](CC(C)C)CCN1C(=O)[C@@H](NC(=O)NC1(C2CCCS2(=O)=O)CCCCC1)C1(C)CCCCC1. The molecule has 5 amide bonds. The summed E-state index contributed by atoms with van der Waals surface area (Å²) in [5.41, 5.74) is -1.45. The minimum Gasteiger partial charge on any atom is -0.346 e. The van der Waals surface area contributed by atoms with Crippen LogP contribution in [0.5, 0.6) is 0 Å².